The molecule has 0 saturated carbocycles. The summed E-state index contributed by atoms with van der Waals surface area (Å²) >= 11 is 0. The quantitative estimate of drug-likeness (QED) is 0.774. The Bertz CT molecular complexity index is 779. The van der Waals surface area contributed by atoms with E-state index in [1.54, 1.807) is 0 Å². The lowest BCUT2D eigenvalue weighted by Crippen LogP contribution is -2.02. The largest absolute Gasteiger partial charge is 0.456 e. The molecule has 1 aliphatic carbocycles. The molecule has 0 amide bonds. The smallest absolute Gasteiger partial charge is 0.193 e. The van der Waals surface area contributed by atoms with Crippen LogP contribution in [0, 0.1) is 5.82 Å². The molecule has 2 nitrogen and oxygen atoms in total. The molecule has 0 radical (unpaired) electrons. The maximum atomic E-state index is 13.1. The number of hydrogen-bond acceptors (Lipinski definition) is 2. The molecular formula is C16H11FO2. The van der Waals surface area contributed by atoms with Crippen molar-refractivity contribution in [1.82, 2.24) is 0 Å². The summed E-state index contributed by atoms with van der Waals surface area (Å²) in [6, 6.07) is 5.36. The average Bonchev–Trinajstić information content (AvgIpc) is 2.68. The third-order valence-corrected chi connectivity index (χ3v) is 2.96. The summed E-state index contributed by atoms with van der Waals surface area (Å²) in [4.78, 5) is 12.0. The van der Waals surface area contributed by atoms with E-state index in [2.05, 4.69) is 0 Å². The molecule has 3 rings (SSSR count). The lowest BCUT2D eigenvalue weighted by atomic mass is 10.1. The van der Waals surface area contributed by atoms with Crippen molar-refractivity contribution in [1.29, 1.82) is 0 Å². The number of allylic oxidation sites excluding steroid dienone is 6. The number of rotatable bonds is 1. The van der Waals surface area contributed by atoms with Gasteiger partial charge in [0, 0.05) is 11.6 Å². The van der Waals surface area contributed by atoms with Crippen molar-refractivity contribution in [3.8, 4) is 0 Å². The van der Waals surface area contributed by atoms with Gasteiger partial charge < -0.3 is 4.42 Å². The predicted octanol–water partition coefficient (Wildman–Crippen LogP) is 3.83. The molecular weight excluding hydrogens is 243 g/mol. The third-order valence-electron chi connectivity index (χ3n) is 2.96. The first kappa shape index (κ1) is 11.7. The Morgan fingerprint density at radius 2 is 2.05 bits per heavy atom. The van der Waals surface area contributed by atoms with Gasteiger partial charge in [0.2, 0.25) is 0 Å². The zero-order valence-electron chi connectivity index (χ0n) is 10.1. The van der Waals surface area contributed by atoms with Gasteiger partial charge in [-0.3, -0.25) is 4.79 Å². The molecule has 1 aliphatic rings. The van der Waals surface area contributed by atoms with Gasteiger partial charge in [0.05, 0.1) is 5.39 Å². The fraction of sp³-hybridized carbons (Fsp3) is 0.0625. The van der Waals surface area contributed by atoms with Crippen molar-refractivity contribution in [2.45, 2.75) is 6.42 Å². The summed E-state index contributed by atoms with van der Waals surface area (Å²) in [5.74, 6) is 0.0518. The monoisotopic (exact) mass is 254 g/mol. The molecule has 0 fully saturated rings. The fourth-order valence-electron chi connectivity index (χ4n) is 2.01. The molecule has 19 heavy (non-hydrogen) atoms. The number of benzene rings is 1. The zero-order chi connectivity index (χ0) is 13.2. The van der Waals surface area contributed by atoms with Crippen LogP contribution in [0.3, 0.4) is 0 Å². The molecule has 0 unspecified atom stereocenters. The number of fused-ring (bicyclic) bond motifs is 1. The van der Waals surface area contributed by atoms with E-state index >= 15 is 0 Å². The molecule has 0 atom stereocenters. The average molecular weight is 254 g/mol. The summed E-state index contributed by atoms with van der Waals surface area (Å²) in [5, 5.41) is 0.262. The van der Waals surface area contributed by atoms with Crippen LogP contribution >= 0.6 is 0 Å². The first-order valence-electron chi connectivity index (χ1n) is 6.01. The molecule has 1 heterocycles. The topological polar surface area (TPSA) is 30.2 Å². The van der Waals surface area contributed by atoms with Crippen LogP contribution in [-0.2, 0) is 0 Å². The standard InChI is InChI=1S/C16H11FO2/c17-12-7-8-15-13(9-12)14(18)10-16(19-15)11-5-3-1-2-4-6-11/h1,3-10H,2H2. The predicted molar refractivity (Wildman–Crippen MR) is 73.3 cm³/mol. The molecule has 3 heteroatoms. The van der Waals surface area contributed by atoms with Gasteiger partial charge in [-0.15, -0.1) is 0 Å². The zero-order valence-corrected chi connectivity index (χ0v) is 10.1. The maximum Gasteiger partial charge on any atom is 0.193 e. The first-order chi connectivity index (χ1) is 9.24. The molecule has 94 valence electrons. The SMILES string of the molecule is O=c1cc(C2=CC=CCC=C2)oc2ccc(F)cc12. The van der Waals surface area contributed by atoms with Crippen molar-refractivity contribution in [3.63, 3.8) is 0 Å². The van der Waals surface area contributed by atoms with Crippen molar-refractivity contribution in [2.75, 3.05) is 0 Å². The second kappa shape index (κ2) is 4.69. The van der Waals surface area contributed by atoms with Gasteiger partial charge in [-0.1, -0.05) is 30.4 Å². The van der Waals surface area contributed by atoms with Crippen molar-refractivity contribution in [3.05, 3.63) is 76.4 Å². The number of halogens is 1. The second-order valence-electron chi connectivity index (χ2n) is 4.30. The Balaban J connectivity index is 2.21. The minimum Gasteiger partial charge on any atom is -0.456 e. The molecule has 0 bridgehead atoms. The third kappa shape index (κ3) is 2.27. The van der Waals surface area contributed by atoms with Crippen molar-refractivity contribution < 1.29 is 8.81 Å². The lowest BCUT2D eigenvalue weighted by molar-refractivity contribution is 0.583. The Labute approximate surface area is 109 Å². The summed E-state index contributed by atoms with van der Waals surface area (Å²) in [5.41, 5.74) is 0.988. The molecule has 0 spiro atoms. The van der Waals surface area contributed by atoms with Gasteiger partial charge in [-0.25, -0.2) is 4.39 Å². The van der Waals surface area contributed by atoms with Crippen LogP contribution in [0.4, 0.5) is 4.39 Å². The highest BCUT2D eigenvalue weighted by molar-refractivity contribution is 5.80. The Morgan fingerprint density at radius 1 is 1.16 bits per heavy atom. The van der Waals surface area contributed by atoms with Crippen LogP contribution in [0.15, 0.2) is 63.9 Å². The van der Waals surface area contributed by atoms with E-state index in [0.29, 0.717) is 11.3 Å². The Hall–Kier alpha value is -2.42. The van der Waals surface area contributed by atoms with Crippen molar-refractivity contribution in [2.24, 2.45) is 0 Å². The normalized spacial score (nSPS) is 14.5. The van der Waals surface area contributed by atoms with Gasteiger partial charge in [0.15, 0.2) is 5.43 Å². The highest BCUT2D eigenvalue weighted by atomic mass is 19.1. The highest BCUT2D eigenvalue weighted by Crippen LogP contribution is 2.21. The summed E-state index contributed by atoms with van der Waals surface area (Å²) in [7, 11) is 0. The van der Waals surface area contributed by atoms with Gasteiger partial charge in [0.1, 0.15) is 17.2 Å². The van der Waals surface area contributed by atoms with E-state index in [4.69, 9.17) is 4.42 Å². The van der Waals surface area contributed by atoms with Crippen LogP contribution in [0.1, 0.15) is 12.2 Å². The molecule has 2 aromatic rings. The van der Waals surface area contributed by atoms with E-state index in [1.165, 1.54) is 24.3 Å². The van der Waals surface area contributed by atoms with E-state index in [1.807, 2.05) is 30.4 Å². The Morgan fingerprint density at radius 3 is 2.95 bits per heavy atom. The van der Waals surface area contributed by atoms with Gasteiger partial charge >= 0.3 is 0 Å². The minimum absolute atomic E-state index is 0.238. The van der Waals surface area contributed by atoms with Gasteiger partial charge in [0.25, 0.3) is 0 Å². The summed E-state index contributed by atoms with van der Waals surface area (Å²) in [6.45, 7) is 0. The van der Waals surface area contributed by atoms with E-state index < -0.39 is 5.82 Å². The minimum atomic E-state index is -0.441. The molecule has 0 saturated heterocycles. The summed E-state index contributed by atoms with van der Waals surface area (Å²) < 4.78 is 18.8. The van der Waals surface area contributed by atoms with Crippen LogP contribution in [-0.4, -0.2) is 0 Å². The molecule has 0 aliphatic heterocycles. The lowest BCUT2D eigenvalue weighted by Gasteiger charge is -2.03. The number of hydrogen-bond donors (Lipinski definition) is 0. The molecule has 1 aromatic carbocycles. The second-order valence-corrected chi connectivity index (χ2v) is 4.30. The first-order valence-corrected chi connectivity index (χ1v) is 6.01. The van der Waals surface area contributed by atoms with E-state index in [-0.39, 0.29) is 10.8 Å². The van der Waals surface area contributed by atoms with Gasteiger partial charge in [-0.2, -0.15) is 0 Å². The molecule has 0 N–H and O–H groups in total. The summed E-state index contributed by atoms with van der Waals surface area (Å²) in [6.07, 6.45) is 10.6. The van der Waals surface area contributed by atoms with E-state index in [9.17, 15) is 9.18 Å². The highest BCUT2D eigenvalue weighted by Gasteiger charge is 2.08. The van der Waals surface area contributed by atoms with Crippen LogP contribution in [0.2, 0.25) is 0 Å². The van der Waals surface area contributed by atoms with Crippen LogP contribution < -0.4 is 5.43 Å². The Kier molecular flexibility index (Phi) is 2.88. The van der Waals surface area contributed by atoms with E-state index in [0.717, 1.165) is 12.0 Å². The maximum absolute atomic E-state index is 13.1. The van der Waals surface area contributed by atoms with Crippen LogP contribution in [0.5, 0.6) is 0 Å². The van der Waals surface area contributed by atoms with Gasteiger partial charge in [-0.05, 0) is 24.6 Å². The van der Waals surface area contributed by atoms with Crippen molar-refractivity contribution >= 4 is 16.5 Å². The molecule has 1 aromatic heterocycles. The fourth-order valence-corrected chi connectivity index (χ4v) is 2.01. The van der Waals surface area contributed by atoms with Crippen LogP contribution in [0.25, 0.3) is 16.5 Å².